The van der Waals surface area contributed by atoms with Crippen molar-refractivity contribution in [2.75, 3.05) is 31.1 Å². The number of aryl methyl sites for hydroxylation is 1. The predicted octanol–water partition coefficient (Wildman–Crippen LogP) is 2.99. The number of halogens is 1. The maximum absolute atomic E-state index is 13.4. The lowest BCUT2D eigenvalue weighted by Crippen LogP contribution is -2.49. The predicted molar refractivity (Wildman–Crippen MR) is 105 cm³/mol. The van der Waals surface area contributed by atoms with E-state index in [9.17, 15) is 9.18 Å². The van der Waals surface area contributed by atoms with Crippen LogP contribution in [0.4, 0.5) is 10.1 Å². The van der Waals surface area contributed by atoms with E-state index in [4.69, 9.17) is 0 Å². The number of pyridine rings is 1. The van der Waals surface area contributed by atoms with E-state index in [0.29, 0.717) is 31.7 Å². The van der Waals surface area contributed by atoms with Crippen molar-refractivity contribution in [1.29, 1.82) is 0 Å². The lowest BCUT2D eigenvalue weighted by molar-refractivity contribution is 0.0746. The first kappa shape index (κ1) is 18.2. The summed E-state index contributed by atoms with van der Waals surface area (Å²) in [7, 11) is 0. The van der Waals surface area contributed by atoms with Crippen LogP contribution in [0.2, 0.25) is 0 Å². The molecule has 28 heavy (non-hydrogen) atoms. The molecule has 1 amide bonds. The summed E-state index contributed by atoms with van der Waals surface area (Å²) in [5.74, 6) is 0.267. The highest BCUT2D eigenvalue weighted by Gasteiger charge is 2.26. The van der Waals surface area contributed by atoms with Crippen molar-refractivity contribution in [3.63, 3.8) is 0 Å². The third-order valence-electron chi connectivity index (χ3n) is 5.07. The topological polar surface area (TPSA) is 54.3 Å². The second-order valence-electron chi connectivity index (χ2n) is 6.91. The smallest absolute Gasteiger partial charge is 0.254 e. The number of nitrogens with zero attached hydrogens (tertiary/aromatic N) is 5. The van der Waals surface area contributed by atoms with Crippen LogP contribution >= 0.6 is 0 Å². The molecule has 3 aromatic rings. The fraction of sp³-hybridized carbons (Fsp3) is 0.286. The maximum Gasteiger partial charge on any atom is 0.254 e. The molecule has 4 rings (SSSR count). The van der Waals surface area contributed by atoms with Gasteiger partial charge in [0, 0.05) is 37.9 Å². The zero-order chi connectivity index (χ0) is 19.7. The van der Waals surface area contributed by atoms with Crippen LogP contribution in [-0.4, -0.2) is 51.8 Å². The molecule has 7 heteroatoms. The number of anilines is 1. The SMILES string of the molecule is Cc1nn(-c2ccccn2)c(C)c1N1CCN(C(=O)c2cccc(F)c2)CC1. The van der Waals surface area contributed by atoms with E-state index in [-0.39, 0.29) is 5.91 Å². The summed E-state index contributed by atoms with van der Waals surface area (Å²) in [6, 6.07) is 11.6. The van der Waals surface area contributed by atoms with Crippen molar-refractivity contribution >= 4 is 11.6 Å². The number of carbonyl (C=O) groups is 1. The average Bonchev–Trinajstić information content (AvgIpc) is 3.02. The minimum absolute atomic E-state index is 0.128. The Hall–Kier alpha value is -3.22. The first-order chi connectivity index (χ1) is 13.5. The van der Waals surface area contributed by atoms with Crippen LogP contribution in [0.1, 0.15) is 21.7 Å². The Kier molecular flexibility index (Phi) is 4.81. The van der Waals surface area contributed by atoms with Crippen molar-refractivity contribution in [2.45, 2.75) is 13.8 Å². The molecule has 0 spiro atoms. The summed E-state index contributed by atoms with van der Waals surface area (Å²) in [5.41, 5.74) is 3.45. The van der Waals surface area contributed by atoms with Crippen molar-refractivity contribution < 1.29 is 9.18 Å². The number of amides is 1. The number of hydrogen-bond donors (Lipinski definition) is 0. The quantitative estimate of drug-likeness (QED) is 0.702. The molecule has 0 N–H and O–H groups in total. The first-order valence-electron chi connectivity index (χ1n) is 9.32. The zero-order valence-corrected chi connectivity index (χ0v) is 16.0. The van der Waals surface area contributed by atoms with Crippen molar-refractivity contribution in [3.05, 3.63) is 71.4 Å². The molecule has 0 atom stereocenters. The van der Waals surface area contributed by atoms with Gasteiger partial charge in [-0.15, -0.1) is 0 Å². The summed E-state index contributed by atoms with van der Waals surface area (Å²) in [4.78, 5) is 21.1. The Morgan fingerprint density at radius 1 is 1.04 bits per heavy atom. The molecular weight excluding hydrogens is 357 g/mol. The molecule has 0 saturated carbocycles. The molecular formula is C21H22FN5O. The molecule has 1 aliphatic heterocycles. The molecule has 6 nitrogen and oxygen atoms in total. The molecule has 1 aromatic carbocycles. The van der Waals surface area contributed by atoms with Gasteiger partial charge in [-0.3, -0.25) is 4.79 Å². The standard InChI is InChI=1S/C21H22FN5O/c1-15-20(16(2)27(24-15)19-8-3-4-9-23-19)25-10-12-26(13-11-25)21(28)17-6-5-7-18(22)14-17/h3-9,14H,10-13H2,1-2H3. The largest absolute Gasteiger partial charge is 0.365 e. The van der Waals surface area contributed by atoms with Crippen LogP contribution in [-0.2, 0) is 0 Å². The van der Waals surface area contributed by atoms with Gasteiger partial charge in [-0.1, -0.05) is 12.1 Å². The van der Waals surface area contributed by atoms with Gasteiger partial charge in [-0.25, -0.2) is 14.1 Å². The van der Waals surface area contributed by atoms with Crippen LogP contribution in [0.5, 0.6) is 0 Å². The summed E-state index contributed by atoms with van der Waals surface area (Å²) in [5, 5.41) is 4.66. The molecule has 1 aliphatic rings. The van der Waals surface area contributed by atoms with E-state index in [1.54, 1.807) is 23.2 Å². The lowest BCUT2D eigenvalue weighted by atomic mass is 10.1. The number of rotatable bonds is 3. The highest BCUT2D eigenvalue weighted by molar-refractivity contribution is 5.94. The molecule has 1 fully saturated rings. The molecule has 0 radical (unpaired) electrons. The van der Waals surface area contributed by atoms with Crippen molar-refractivity contribution in [2.24, 2.45) is 0 Å². The third kappa shape index (κ3) is 3.35. The van der Waals surface area contributed by atoms with Gasteiger partial charge in [0.2, 0.25) is 0 Å². The highest BCUT2D eigenvalue weighted by Crippen LogP contribution is 2.27. The van der Waals surface area contributed by atoms with Crippen molar-refractivity contribution in [1.82, 2.24) is 19.7 Å². The maximum atomic E-state index is 13.4. The summed E-state index contributed by atoms with van der Waals surface area (Å²) in [6.45, 7) is 6.61. The molecule has 3 heterocycles. The van der Waals surface area contributed by atoms with Crippen LogP contribution < -0.4 is 4.90 Å². The number of benzene rings is 1. The Morgan fingerprint density at radius 2 is 1.82 bits per heavy atom. The van der Waals surface area contributed by atoms with E-state index in [2.05, 4.69) is 15.0 Å². The minimum Gasteiger partial charge on any atom is -0.365 e. The molecule has 2 aromatic heterocycles. The van der Waals surface area contributed by atoms with Crippen LogP contribution in [0.25, 0.3) is 5.82 Å². The van der Waals surface area contributed by atoms with Gasteiger partial charge in [0.25, 0.3) is 5.91 Å². The third-order valence-corrected chi connectivity index (χ3v) is 5.07. The fourth-order valence-corrected chi connectivity index (χ4v) is 3.73. The first-order valence-corrected chi connectivity index (χ1v) is 9.32. The molecule has 0 bridgehead atoms. The van der Waals surface area contributed by atoms with Crippen molar-refractivity contribution in [3.8, 4) is 5.82 Å². The number of hydrogen-bond acceptors (Lipinski definition) is 4. The van der Waals surface area contributed by atoms with Gasteiger partial charge in [0.15, 0.2) is 5.82 Å². The number of piperazine rings is 1. The van der Waals surface area contributed by atoms with Gasteiger partial charge in [0.05, 0.1) is 17.1 Å². The zero-order valence-electron chi connectivity index (χ0n) is 16.0. The summed E-state index contributed by atoms with van der Waals surface area (Å²) >= 11 is 0. The van der Waals surface area contributed by atoms with Crippen LogP contribution in [0.3, 0.4) is 0 Å². The van der Waals surface area contributed by atoms with E-state index in [0.717, 1.165) is 22.9 Å². The average molecular weight is 379 g/mol. The van der Waals surface area contributed by atoms with E-state index in [1.165, 1.54) is 12.1 Å². The Bertz CT molecular complexity index is 993. The van der Waals surface area contributed by atoms with Gasteiger partial charge < -0.3 is 9.80 Å². The van der Waals surface area contributed by atoms with Gasteiger partial charge in [-0.2, -0.15) is 5.10 Å². The monoisotopic (exact) mass is 379 g/mol. The Balaban J connectivity index is 1.50. The van der Waals surface area contributed by atoms with Gasteiger partial charge in [-0.05, 0) is 44.2 Å². The van der Waals surface area contributed by atoms with Gasteiger partial charge >= 0.3 is 0 Å². The van der Waals surface area contributed by atoms with E-state index in [1.807, 2.05) is 36.7 Å². The molecule has 1 saturated heterocycles. The van der Waals surface area contributed by atoms with E-state index < -0.39 is 5.82 Å². The van der Waals surface area contributed by atoms with Crippen LogP contribution in [0.15, 0.2) is 48.7 Å². The normalized spacial score (nSPS) is 14.4. The summed E-state index contributed by atoms with van der Waals surface area (Å²) in [6.07, 6.45) is 1.75. The van der Waals surface area contributed by atoms with Gasteiger partial charge in [0.1, 0.15) is 5.82 Å². The highest BCUT2D eigenvalue weighted by atomic mass is 19.1. The van der Waals surface area contributed by atoms with E-state index >= 15 is 0 Å². The fourth-order valence-electron chi connectivity index (χ4n) is 3.73. The molecule has 144 valence electrons. The Labute approximate surface area is 163 Å². The molecule has 0 aliphatic carbocycles. The lowest BCUT2D eigenvalue weighted by Gasteiger charge is -2.36. The minimum atomic E-state index is -0.391. The Morgan fingerprint density at radius 3 is 2.50 bits per heavy atom. The second kappa shape index (κ2) is 7.42. The molecule has 0 unspecified atom stereocenters. The number of carbonyl (C=O) groups excluding carboxylic acids is 1. The summed E-state index contributed by atoms with van der Waals surface area (Å²) < 4.78 is 15.3. The second-order valence-corrected chi connectivity index (χ2v) is 6.91. The number of aromatic nitrogens is 3. The van der Waals surface area contributed by atoms with Crippen LogP contribution in [0, 0.1) is 19.7 Å².